The first-order valence-electron chi connectivity index (χ1n) is 6.82. The number of hydrogen-bond donors (Lipinski definition) is 3. The third-order valence-electron chi connectivity index (χ3n) is 2.97. The zero-order valence-corrected chi connectivity index (χ0v) is 12.6. The largest absolute Gasteiger partial charge is 0.394 e. The second-order valence-corrected chi connectivity index (χ2v) is 6.50. The molecule has 1 aliphatic rings. The van der Waals surface area contributed by atoms with E-state index < -0.39 is 0 Å². The van der Waals surface area contributed by atoms with Gasteiger partial charge in [0.15, 0.2) is 5.11 Å². The molecule has 0 bridgehead atoms. The molecule has 0 aliphatic carbocycles. The van der Waals surface area contributed by atoms with Crippen LogP contribution < -0.4 is 10.6 Å². The molecular formula is C13H27N3OS. The average molecular weight is 273 g/mol. The van der Waals surface area contributed by atoms with E-state index in [1.54, 1.807) is 0 Å². The Morgan fingerprint density at radius 2 is 1.89 bits per heavy atom. The zero-order chi connectivity index (χ0) is 13.6. The molecule has 1 saturated heterocycles. The average Bonchev–Trinajstić information content (AvgIpc) is 2.27. The van der Waals surface area contributed by atoms with Crippen LogP contribution in [0, 0.1) is 0 Å². The highest BCUT2D eigenvalue weighted by atomic mass is 32.1. The molecule has 5 heteroatoms. The molecule has 1 atom stereocenters. The molecule has 1 heterocycles. The Bertz CT molecular complexity index is 259. The number of aliphatic hydroxyl groups is 1. The maximum absolute atomic E-state index is 9.43. The van der Waals surface area contributed by atoms with Crippen LogP contribution in [0.2, 0.25) is 0 Å². The Kier molecular flexibility index (Phi) is 6.32. The summed E-state index contributed by atoms with van der Waals surface area (Å²) in [6.45, 7) is 9.46. The van der Waals surface area contributed by atoms with Gasteiger partial charge in [-0.15, -0.1) is 0 Å². The van der Waals surface area contributed by atoms with E-state index in [1.807, 2.05) is 0 Å². The molecule has 1 fully saturated rings. The molecule has 106 valence electrons. The third kappa shape index (κ3) is 6.52. The van der Waals surface area contributed by atoms with Crippen LogP contribution in [-0.2, 0) is 0 Å². The van der Waals surface area contributed by atoms with Gasteiger partial charge in [-0.3, -0.25) is 0 Å². The molecule has 0 aromatic heterocycles. The molecule has 1 unspecified atom stereocenters. The van der Waals surface area contributed by atoms with Crippen molar-refractivity contribution in [1.82, 2.24) is 15.5 Å². The van der Waals surface area contributed by atoms with Gasteiger partial charge in [-0.25, -0.2) is 0 Å². The maximum atomic E-state index is 9.43. The lowest BCUT2D eigenvalue weighted by atomic mass is 10.1. The van der Waals surface area contributed by atoms with Gasteiger partial charge in [-0.05, 0) is 58.9 Å². The number of rotatable bonds is 4. The Hall–Kier alpha value is -0.390. The molecule has 3 N–H and O–H groups in total. The molecule has 1 aliphatic heterocycles. The van der Waals surface area contributed by atoms with E-state index in [2.05, 4.69) is 36.3 Å². The topological polar surface area (TPSA) is 47.5 Å². The van der Waals surface area contributed by atoms with Crippen LogP contribution >= 0.6 is 12.2 Å². The molecule has 18 heavy (non-hydrogen) atoms. The Labute approximate surface area is 116 Å². The maximum Gasteiger partial charge on any atom is 0.167 e. The number of likely N-dealkylation sites (tertiary alicyclic amines) is 1. The van der Waals surface area contributed by atoms with Crippen LogP contribution in [0.4, 0.5) is 0 Å². The van der Waals surface area contributed by atoms with Gasteiger partial charge in [0.2, 0.25) is 0 Å². The van der Waals surface area contributed by atoms with Crippen LogP contribution in [0.1, 0.15) is 40.0 Å². The van der Waals surface area contributed by atoms with Crippen molar-refractivity contribution >= 4 is 17.3 Å². The SMILES string of the molecule is CC(C)(C)NC(=S)NC(CO)CN1CCCCC1. The van der Waals surface area contributed by atoms with E-state index in [0.29, 0.717) is 5.11 Å². The van der Waals surface area contributed by atoms with Crippen LogP contribution in [-0.4, -0.2) is 52.9 Å². The van der Waals surface area contributed by atoms with Crippen LogP contribution in [0.3, 0.4) is 0 Å². The second kappa shape index (κ2) is 7.26. The summed E-state index contributed by atoms with van der Waals surface area (Å²) >= 11 is 5.26. The summed E-state index contributed by atoms with van der Waals surface area (Å²) in [6.07, 6.45) is 3.86. The fourth-order valence-corrected chi connectivity index (χ4v) is 2.64. The molecule has 1 rings (SSSR count). The Morgan fingerprint density at radius 1 is 1.28 bits per heavy atom. The molecule has 4 nitrogen and oxygen atoms in total. The number of aliphatic hydroxyl groups excluding tert-OH is 1. The van der Waals surface area contributed by atoms with Gasteiger partial charge in [0.25, 0.3) is 0 Å². The number of hydrogen-bond acceptors (Lipinski definition) is 3. The zero-order valence-electron chi connectivity index (χ0n) is 11.8. The summed E-state index contributed by atoms with van der Waals surface area (Å²) in [6, 6.07) is 0.0189. The van der Waals surface area contributed by atoms with Gasteiger partial charge in [0, 0.05) is 12.1 Å². The van der Waals surface area contributed by atoms with Crippen molar-refractivity contribution in [1.29, 1.82) is 0 Å². The van der Waals surface area contributed by atoms with Gasteiger partial charge < -0.3 is 20.6 Å². The molecule has 0 amide bonds. The van der Waals surface area contributed by atoms with Crippen molar-refractivity contribution in [2.24, 2.45) is 0 Å². The fraction of sp³-hybridized carbons (Fsp3) is 0.923. The summed E-state index contributed by atoms with van der Waals surface area (Å²) < 4.78 is 0. The van der Waals surface area contributed by atoms with Crippen molar-refractivity contribution < 1.29 is 5.11 Å². The van der Waals surface area contributed by atoms with E-state index in [4.69, 9.17) is 12.2 Å². The minimum absolute atomic E-state index is 0.0189. The van der Waals surface area contributed by atoms with Gasteiger partial charge in [-0.1, -0.05) is 6.42 Å². The quantitative estimate of drug-likeness (QED) is 0.670. The number of nitrogens with one attached hydrogen (secondary N) is 2. The number of piperidine rings is 1. The predicted molar refractivity (Wildman–Crippen MR) is 79.8 cm³/mol. The van der Waals surface area contributed by atoms with Gasteiger partial charge in [0.05, 0.1) is 12.6 Å². The highest BCUT2D eigenvalue weighted by Gasteiger charge is 2.18. The number of nitrogens with zero attached hydrogens (tertiary/aromatic N) is 1. The van der Waals surface area contributed by atoms with Gasteiger partial charge in [-0.2, -0.15) is 0 Å². The lowest BCUT2D eigenvalue weighted by Crippen LogP contribution is -2.53. The molecule has 0 aromatic carbocycles. The van der Waals surface area contributed by atoms with Gasteiger partial charge >= 0.3 is 0 Å². The fourth-order valence-electron chi connectivity index (χ4n) is 2.16. The minimum atomic E-state index is -0.0464. The molecule has 0 saturated carbocycles. The smallest absolute Gasteiger partial charge is 0.167 e. The van der Waals surface area contributed by atoms with E-state index >= 15 is 0 Å². The van der Waals surface area contributed by atoms with Crippen molar-refractivity contribution in [3.8, 4) is 0 Å². The molecular weight excluding hydrogens is 246 g/mol. The standard InChI is InChI=1S/C13H27N3OS/c1-13(2,3)15-12(18)14-11(10-17)9-16-7-5-4-6-8-16/h11,17H,4-10H2,1-3H3,(H2,14,15,18). The molecule has 0 radical (unpaired) electrons. The normalized spacial score (nSPS) is 19.3. The third-order valence-corrected chi connectivity index (χ3v) is 3.19. The van der Waals surface area contributed by atoms with E-state index in [1.165, 1.54) is 19.3 Å². The van der Waals surface area contributed by atoms with E-state index in [0.717, 1.165) is 19.6 Å². The summed E-state index contributed by atoms with van der Waals surface area (Å²) in [5, 5.41) is 16.5. The number of thiocarbonyl (C=S) groups is 1. The van der Waals surface area contributed by atoms with Crippen LogP contribution in [0.15, 0.2) is 0 Å². The highest BCUT2D eigenvalue weighted by molar-refractivity contribution is 7.80. The summed E-state index contributed by atoms with van der Waals surface area (Å²) in [5.74, 6) is 0. The van der Waals surface area contributed by atoms with Crippen molar-refractivity contribution in [2.75, 3.05) is 26.2 Å². The molecule has 0 spiro atoms. The van der Waals surface area contributed by atoms with Gasteiger partial charge in [0.1, 0.15) is 0 Å². The highest BCUT2D eigenvalue weighted by Crippen LogP contribution is 2.08. The summed E-state index contributed by atoms with van der Waals surface area (Å²) in [4.78, 5) is 2.40. The summed E-state index contributed by atoms with van der Waals surface area (Å²) in [7, 11) is 0. The summed E-state index contributed by atoms with van der Waals surface area (Å²) in [5.41, 5.74) is -0.0464. The van der Waals surface area contributed by atoms with Crippen molar-refractivity contribution in [2.45, 2.75) is 51.6 Å². The first-order valence-corrected chi connectivity index (χ1v) is 7.23. The van der Waals surface area contributed by atoms with Crippen LogP contribution in [0.25, 0.3) is 0 Å². The Balaban J connectivity index is 2.34. The monoisotopic (exact) mass is 273 g/mol. The first-order chi connectivity index (χ1) is 8.40. The van der Waals surface area contributed by atoms with Crippen LogP contribution in [0.5, 0.6) is 0 Å². The second-order valence-electron chi connectivity index (χ2n) is 6.09. The minimum Gasteiger partial charge on any atom is -0.394 e. The Morgan fingerprint density at radius 3 is 2.39 bits per heavy atom. The first kappa shape index (κ1) is 15.7. The van der Waals surface area contributed by atoms with Crippen molar-refractivity contribution in [3.63, 3.8) is 0 Å². The molecule has 0 aromatic rings. The lowest BCUT2D eigenvalue weighted by molar-refractivity contribution is 0.172. The van der Waals surface area contributed by atoms with E-state index in [9.17, 15) is 5.11 Å². The van der Waals surface area contributed by atoms with E-state index in [-0.39, 0.29) is 18.2 Å². The lowest BCUT2D eigenvalue weighted by Gasteiger charge is -2.31. The van der Waals surface area contributed by atoms with Crippen molar-refractivity contribution in [3.05, 3.63) is 0 Å². The predicted octanol–water partition coefficient (Wildman–Crippen LogP) is 1.10.